The smallest absolute Gasteiger partial charge is 0.230 e. The molecular formula is C21H25N3O2. The highest BCUT2D eigenvalue weighted by molar-refractivity contribution is 6.01. The Balaban J connectivity index is 2.03. The standard InChI is InChI=1S/C21H25N3O2/c1-13-6-11-19(14(2)12-13)26-21-18(10-7-15(3)22-21)20(23-25)24-16(4)8-9-17(24)5/h6-12,16-17,25H,1-5H3/b23-20-. The van der Waals surface area contributed by atoms with Crippen molar-refractivity contribution in [3.63, 3.8) is 0 Å². The van der Waals surface area contributed by atoms with Gasteiger partial charge in [-0.2, -0.15) is 0 Å². The van der Waals surface area contributed by atoms with Gasteiger partial charge >= 0.3 is 0 Å². The van der Waals surface area contributed by atoms with E-state index >= 15 is 0 Å². The highest BCUT2D eigenvalue weighted by Gasteiger charge is 2.29. The third-order valence-corrected chi connectivity index (χ3v) is 4.66. The summed E-state index contributed by atoms with van der Waals surface area (Å²) in [7, 11) is 0. The maximum atomic E-state index is 9.76. The molecular weight excluding hydrogens is 326 g/mol. The second-order valence-corrected chi connectivity index (χ2v) is 6.87. The van der Waals surface area contributed by atoms with Crippen molar-refractivity contribution in [1.29, 1.82) is 0 Å². The Morgan fingerprint density at radius 3 is 2.38 bits per heavy atom. The van der Waals surface area contributed by atoms with Crippen LogP contribution in [-0.4, -0.2) is 33.0 Å². The minimum atomic E-state index is 0.131. The normalized spacial score (nSPS) is 19.9. The molecule has 0 radical (unpaired) electrons. The van der Waals surface area contributed by atoms with Gasteiger partial charge in [0.25, 0.3) is 0 Å². The number of amidine groups is 1. The van der Waals surface area contributed by atoms with E-state index in [2.05, 4.69) is 42.2 Å². The quantitative estimate of drug-likeness (QED) is 0.289. The number of oxime groups is 1. The molecule has 0 saturated heterocycles. The van der Waals surface area contributed by atoms with Gasteiger partial charge in [0, 0.05) is 17.8 Å². The van der Waals surface area contributed by atoms with Crippen LogP contribution >= 0.6 is 0 Å². The molecule has 1 aliphatic rings. The SMILES string of the molecule is Cc1ccc(Oc2nc(C)ccc2/C(=N/O)N2C(C)C=CC2C)c(C)c1. The van der Waals surface area contributed by atoms with E-state index in [-0.39, 0.29) is 12.1 Å². The molecule has 0 spiro atoms. The van der Waals surface area contributed by atoms with Crippen molar-refractivity contribution in [1.82, 2.24) is 9.88 Å². The third kappa shape index (κ3) is 3.43. The van der Waals surface area contributed by atoms with Crippen molar-refractivity contribution in [2.45, 2.75) is 46.7 Å². The fourth-order valence-electron chi connectivity index (χ4n) is 3.31. The van der Waals surface area contributed by atoms with Crippen molar-refractivity contribution < 1.29 is 9.94 Å². The minimum Gasteiger partial charge on any atom is -0.438 e. The summed E-state index contributed by atoms with van der Waals surface area (Å²) in [4.78, 5) is 6.60. The third-order valence-electron chi connectivity index (χ3n) is 4.66. The lowest BCUT2D eigenvalue weighted by atomic mass is 10.1. The van der Waals surface area contributed by atoms with Crippen LogP contribution in [0.3, 0.4) is 0 Å². The highest BCUT2D eigenvalue weighted by Crippen LogP contribution is 2.30. The fraction of sp³-hybridized carbons (Fsp3) is 0.333. The van der Waals surface area contributed by atoms with Crippen LogP contribution in [0.15, 0.2) is 47.6 Å². The molecule has 2 unspecified atom stereocenters. The number of benzene rings is 1. The molecule has 26 heavy (non-hydrogen) atoms. The van der Waals surface area contributed by atoms with Crippen LogP contribution in [0.4, 0.5) is 0 Å². The van der Waals surface area contributed by atoms with Gasteiger partial charge in [-0.05, 0) is 58.4 Å². The van der Waals surface area contributed by atoms with E-state index in [9.17, 15) is 5.21 Å². The zero-order valence-corrected chi connectivity index (χ0v) is 15.9. The highest BCUT2D eigenvalue weighted by atomic mass is 16.5. The summed E-state index contributed by atoms with van der Waals surface area (Å²) in [5.74, 6) is 1.64. The van der Waals surface area contributed by atoms with Gasteiger partial charge < -0.3 is 14.8 Å². The summed E-state index contributed by atoms with van der Waals surface area (Å²) in [5, 5.41) is 13.4. The fourth-order valence-corrected chi connectivity index (χ4v) is 3.31. The summed E-state index contributed by atoms with van der Waals surface area (Å²) >= 11 is 0. The monoisotopic (exact) mass is 351 g/mol. The molecule has 5 heteroatoms. The number of rotatable bonds is 3. The molecule has 1 aliphatic heterocycles. The number of aromatic nitrogens is 1. The zero-order valence-electron chi connectivity index (χ0n) is 15.9. The first-order valence-corrected chi connectivity index (χ1v) is 8.82. The van der Waals surface area contributed by atoms with Crippen molar-refractivity contribution in [3.8, 4) is 11.6 Å². The zero-order chi connectivity index (χ0) is 18.8. The Bertz CT molecular complexity index is 862. The lowest BCUT2D eigenvalue weighted by Crippen LogP contribution is -2.40. The van der Waals surface area contributed by atoms with Gasteiger partial charge in [-0.1, -0.05) is 35.0 Å². The Labute approximate surface area is 154 Å². The molecule has 1 aromatic heterocycles. The molecule has 0 saturated carbocycles. The number of hydrogen-bond donors (Lipinski definition) is 1. The van der Waals surface area contributed by atoms with Gasteiger partial charge in [0.1, 0.15) is 5.75 Å². The second-order valence-electron chi connectivity index (χ2n) is 6.87. The van der Waals surface area contributed by atoms with Gasteiger partial charge in [0.15, 0.2) is 5.84 Å². The van der Waals surface area contributed by atoms with E-state index in [0.717, 1.165) is 17.0 Å². The Morgan fingerprint density at radius 2 is 1.77 bits per heavy atom. The summed E-state index contributed by atoms with van der Waals surface area (Å²) in [6, 6.07) is 10.1. The first-order valence-electron chi connectivity index (χ1n) is 8.82. The van der Waals surface area contributed by atoms with E-state index in [4.69, 9.17) is 4.74 Å². The molecule has 0 aliphatic carbocycles. The molecule has 0 amide bonds. The van der Waals surface area contributed by atoms with Gasteiger partial charge in [-0.25, -0.2) is 4.98 Å². The van der Waals surface area contributed by atoms with Gasteiger partial charge in [-0.15, -0.1) is 0 Å². The number of hydrogen-bond acceptors (Lipinski definition) is 4. The number of ether oxygens (including phenoxy) is 1. The molecule has 3 rings (SSSR count). The molecule has 0 fully saturated rings. The first kappa shape index (κ1) is 18.0. The van der Waals surface area contributed by atoms with Crippen LogP contribution in [-0.2, 0) is 0 Å². The summed E-state index contributed by atoms with van der Waals surface area (Å²) in [5.41, 5.74) is 3.72. The average molecular weight is 351 g/mol. The van der Waals surface area contributed by atoms with Gasteiger partial charge in [-0.3, -0.25) is 0 Å². The molecule has 1 N–H and O–H groups in total. The van der Waals surface area contributed by atoms with Crippen molar-refractivity contribution in [3.05, 3.63) is 64.9 Å². The van der Waals surface area contributed by atoms with E-state index in [1.807, 2.05) is 49.9 Å². The summed E-state index contributed by atoms with van der Waals surface area (Å²) < 4.78 is 6.14. The van der Waals surface area contributed by atoms with Crippen molar-refractivity contribution in [2.24, 2.45) is 5.16 Å². The maximum absolute atomic E-state index is 9.76. The predicted octanol–water partition coefficient (Wildman–Crippen LogP) is 4.58. The van der Waals surface area contributed by atoms with Crippen LogP contribution in [0, 0.1) is 20.8 Å². The number of aryl methyl sites for hydroxylation is 3. The lowest BCUT2D eigenvalue weighted by Gasteiger charge is -2.29. The largest absolute Gasteiger partial charge is 0.438 e. The van der Waals surface area contributed by atoms with E-state index in [1.165, 1.54) is 5.56 Å². The Morgan fingerprint density at radius 1 is 1.08 bits per heavy atom. The van der Waals surface area contributed by atoms with E-state index < -0.39 is 0 Å². The van der Waals surface area contributed by atoms with Crippen LogP contribution < -0.4 is 4.74 Å². The van der Waals surface area contributed by atoms with Crippen molar-refractivity contribution >= 4 is 5.84 Å². The molecule has 136 valence electrons. The lowest BCUT2D eigenvalue weighted by molar-refractivity contribution is 0.288. The Kier molecular flexibility index (Phi) is 4.98. The molecule has 2 atom stereocenters. The minimum absolute atomic E-state index is 0.131. The molecule has 0 bridgehead atoms. The molecule has 2 aromatic rings. The number of nitrogens with zero attached hydrogens (tertiary/aromatic N) is 3. The molecule has 1 aromatic carbocycles. The van der Waals surface area contributed by atoms with E-state index in [1.54, 1.807) is 0 Å². The van der Waals surface area contributed by atoms with Crippen LogP contribution in [0.2, 0.25) is 0 Å². The van der Waals surface area contributed by atoms with E-state index in [0.29, 0.717) is 17.3 Å². The van der Waals surface area contributed by atoms with Crippen LogP contribution in [0.25, 0.3) is 0 Å². The second kappa shape index (κ2) is 7.20. The number of pyridine rings is 1. The topological polar surface area (TPSA) is 58.0 Å². The van der Waals surface area contributed by atoms with Crippen LogP contribution in [0.5, 0.6) is 11.6 Å². The van der Waals surface area contributed by atoms with Crippen molar-refractivity contribution in [2.75, 3.05) is 0 Å². The van der Waals surface area contributed by atoms with Gasteiger partial charge in [0.05, 0.1) is 5.56 Å². The maximum Gasteiger partial charge on any atom is 0.230 e. The Hall–Kier alpha value is -2.82. The van der Waals surface area contributed by atoms with Crippen LogP contribution in [0.1, 0.15) is 36.2 Å². The summed E-state index contributed by atoms with van der Waals surface area (Å²) in [6.07, 6.45) is 4.20. The summed E-state index contributed by atoms with van der Waals surface area (Å²) in [6.45, 7) is 10.1. The molecule has 5 nitrogen and oxygen atoms in total. The predicted molar refractivity (Wildman–Crippen MR) is 103 cm³/mol. The van der Waals surface area contributed by atoms with Gasteiger partial charge in [0.2, 0.25) is 5.88 Å². The first-order chi connectivity index (χ1) is 12.4. The molecule has 2 heterocycles. The average Bonchev–Trinajstić information content (AvgIpc) is 2.92.